The molecule has 1 aromatic rings. The van der Waals surface area contributed by atoms with E-state index in [1.807, 2.05) is 0 Å². The molecular weight excluding hydrogens is 242 g/mol. The Morgan fingerprint density at radius 1 is 1.32 bits per heavy atom. The number of aromatic nitrogens is 2. The van der Waals surface area contributed by atoms with Gasteiger partial charge in [-0.2, -0.15) is 0 Å². The second-order valence-corrected chi connectivity index (χ2v) is 5.84. The number of nitrogens with one attached hydrogen (secondary N) is 1. The summed E-state index contributed by atoms with van der Waals surface area (Å²) >= 11 is 0. The van der Waals surface area contributed by atoms with Gasteiger partial charge in [-0.05, 0) is 45.1 Å². The summed E-state index contributed by atoms with van der Waals surface area (Å²) in [7, 11) is 1.78. The van der Waals surface area contributed by atoms with Crippen LogP contribution in [-0.4, -0.2) is 35.5 Å². The van der Waals surface area contributed by atoms with Crippen LogP contribution in [0.25, 0.3) is 0 Å². The Hall–Kier alpha value is -0.940. The van der Waals surface area contributed by atoms with E-state index in [-0.39, 0.29) is 5.60 Å². The fourth-order valence-corrected chi connectivity index (χ4v) is 2.59. The minimum Gasteiger partial charge on any atom is -0.425 e. The maximum Gasteiger partial charge on any atom is 0.219 e. The molecule has 0 aromatic carbocycles. The zero-order valence-corrected chi connectivity index (χ0v) is 11.7. The van der Waals surface area contributed by atoms with E-state index >= 15 is 0 Å². The van der Waals surface area contributed by atoms with Crippen molar-refractivity contribution in [2.24, 2.45) is 0 Å². The van der Waals surface area contributed by atoms with Crippen molar-refractivity contribution in [2.45, 2.75) is 63.0 Å². The van der Waals surface area contributed by atoms with Crippen LogP contribution in [0.3, 0.4) is 0 Å². The zero-order valence-electron chi connectivity index (χ0n) is 11.7. The first kappa shape index (κ1) is 13.1. The van der Waals surface area contributed by atoms with Crippen molar-refractivity contribution in [3.05, 3.63) is 11.8 Å². The fourth-order valence-electron chi connectivity index (χ4n) is 2.59. The monoisotopic (exact) mass is 265 g/mol. The van der Waals surface area contributed by atoms with E-state index in [1.165, 1.54) is 19.3 Å². The van der Waals surface area contributed by atoms with Gasteiger partial charge in [-0.15, -0.1) is 10.2 Å². The van der Waals surface area contributed by atoms with E-state index in [2.05, 4.69) is 15.5 Å². The SMILES string of the molecule is COC1(Cc2nnc(CCCNC3CC3)o2)CCC1. The molecule has 1 aromatic heterocycles. The van der Waals surface area contributed by atoms with Gasteiger partial charge < -0.3 is 14.5 Å². The highest BCUT2D eigenvalue weighted by Gasteiger charge is 2.38. The average Bonchev–Trinajstić information content (AvgIpc) is 3.09. The van der Waals surface area contributed by atoms with Gasteiger partial charge in [-0.1, -0.05) is 0 Å². The van der Waals surface area contributed by atoms with Gasteiger partial charge in [0.1, 0.15) is 0 Å². The van der Waals surface area contributed by atoms with E-state index in [0.717, 1.165) is 56.5 Å². The van der Waals surface area contributed by atoms with Crippen LogP contribution in [0.15, 0.2) is 4.42 Å². The number of ether oxygens (including phenoxy) is 1. The summed E-state index contributed by atoms with van der Waals surface area (Å²) < 4.78 is 11.3. The molecule has 0 unspecified atom stereocenters. The second-order valence-electron chi connectivity index (χ2n) is 5.84. The summed E-state index contributed by atoms with van der Waals surface area (Å²) in [5.41, 5.74) is -0.0304. The smallest absolute Gasteiger partial charge is 0.219 e. The van der Waals surface area contributed by atoms with E-state index in [9.17, 15) is 0 Å². The normalized spacial score (nSPS) is 21.3. The quantitative estimate of drug-likeness (QED) is 0.727. The molecule has 0 radical (unpaired) electrons. The van der Waals surface area contributed by atoms with Gasteiger partial charge in [0.15, 0.2) is 0 Å². The van der Waals surface area contributed by atoms with Crippen LogP contribution in [-0.2, 0) is 17.6 Å². The predicted molar refractivity (Wildman–Crippen MR) is 70.9 cm³/mol. The number of hydrogen-bond donors (Lipinski definition) is 1. The lowest BCUT2D eigenvalue weighted by molar-refractivity contribution is -0.0746. The van der Waals surface area contributed by atoms with Crippen LogP contribution in [0.5, 0.6) is 0 Å². The summed E-state index contributed by atoms with van der Waals surface area (Å²) in [5.74, 6) is 1.49. The lowest BCUT2D eigenvalue weighted by Gasteiger charge is -2.39. The molecule has 0 atom stereocenters. The molecule has 1 heterocycles. The van der Waals surface area contributed by atoms with Gasteiger partial charge in [-0.3, -0.25) is 0 Å². The molecule has 19 heavy (non-hydrogen) atoms. The summed E-state index contributed by atoms with van der Waals surface area (Å²) in [6.45, 7) is 1.05. The van der Waals surface area contributed by atoms with Gasteiger partial charge in [-0.25, -0.2) is 0 Å². The maximum absolute atomic E-state index is 5.71. The van der Waals surface area contributed by atoms with Crippen molar-refractivity contribution in [1.82, 2.24) is 15.5 Å². The molecule has 3 rings (SSSR count). The van der Waals surface area contributed by atoms with Crippen LogP contribution in [0.1, 0.15) is 50.3 Å². The average molecular weight is 265 g/mol. The fraction of sp³-hybridized carbons (Fsp3) is 0.857. The summed E-state index contributed by atoms with van der Waals surface area (Å²) in [6, 6.07) is 0.776. The highest BCUT2D eigenvalue weighted by molar-refractivity contribution is 4.97. The van der Waals surface area contributed by atoms with Gasteiger partial charge in [0.25, 0.3) is 0 Å². The van der Waals surface area contributed by atoms with Crippen molar-refractivity contribution in [2.75, 3.05) is 13.7 Å². The minimum absolute atomic E-state index is 0.0304. The lowest BCUT2D eigenvalue weighted by atomic mass is 9.77. The number of rotatable bonds is 8. The van der Waals surface area contributed by atoms with Crippen LogP contribution in [0.4, 0.5) is 0 Å². The van der Waals surface area contributed by atoms with Crippen LogP contribution in [0.2, 0.25) is 0 Å². The molecule has 5 nitrogen and oxygen atoms in total. The van der Waals surface area contributed by atoms with Gasteiger partial charge in [0, 0.05) is 19.6 Å². The lowest BCUT2D eigenvalue weighted by Crippen LogP contribution is -2.41. The minimum atomic E-state index is -0.0304. The Kier molecular flexibility index (Phi) is 3.84. The molecule has 1 N–H and O–H groups in total. The Morgan fingerprint density at radius 3 is 2.74 bits per heavy atom. The number of nitrogens with zero attached hydrogens (tertiary/aromatic N) is 2. The summed E-state index contributed by atoms with van der Waals surface area (Å²) in [4.78, 5) is 0. The van der Waals surface area contributed by atoms with Crippen LogP contribution >= 0.6 is 0 Å². The number of hydrogen-bond acceptors (Lipinski definition) is 5. The molecule has 106 valence electrons. The van der Waals surface area contributed by atoms with E-state index in [4.69, 9.17) is 9.15 Å². The molecular formula is C14H23N3O2. The van der Waals surface area contributed by atoms with Crippen molar-refractivity contribution in [1.29, 1.82) is 0 Å². The summed E-state index contributed by atoms with van der Waals surface area (Å²) in [5, 5.41) is 11.8. The van der Waals surface area contributed by atoms with Crippen molar-refractivity contribution < 1.29 is 9.15 Å². The molecule has 2 fully saturated rings. The van der Waals surface area contributed by atoms with Crippen molar-refractivity contribution in [3.8, 4) is 0 Å². The Balaban J connectivity index is 1.43. The molecule has 0 aliphatic heterocycles. The number of methoxy groups -OCH3 is 1. The largest absolute Gasteiger partial charge is 0.425 e. The summed E-state index contributed by atoms with van der Waals surface area (Å²) in [6.07, 6.45) is 8.81. The Labute approximate surface area is 114 Å². The molecule has 2 aliphatic rings. The first-order valence-corrected chi connectivity index (χ1v) is 7.39. The molecule has 5 heteroatoms. The molecule has 0 amide bonds. The first-order chi connectivity index (χ1) is 9.30. The number of aryl methyl sites for hydroxylation is 1. The zero-order chi connectivity index (χ0) is 13.1. The van der Waals surface area contributed by atoms with Crippen molar-refractivity contribution >= 4 is 0 Å². The van der Waals surface area contributed by atoms with Gasteiger partial charge in [0.2, 0.25) is 11.8 Å². The maximum atomic E-state index is 5.71. The third-order valence-electron chi connectivity index (χ3n) is 4.26. The Morgan fingerprint density at radius 2 is 2.11 bits per heavy atom. The predicted octanol–water partition coefficient (Wildman–Crippen LogP) is 1.87. The third kappa shape index (κ3) is 3.34. The molecule has 2 aliphatic carbocycles. The van der Waals surface area contributed by atoms with Gasteiger partial charge >= 0.3 is 0 Å². The van der Waals surface area contributed by atoms with E-state index in [1.54, 1.807) is 7.11 Å². The van der Waals surface area contributed by atoms with Crippen LogP contribution in [0, 0.1) is 0 Å². The highest BCUT2D eigenvalue weighted by Crippen LogP contribution is 2.37. The molecule has 0 bridgehead atoms. The highest BCUT2D eigenvalue weighted by atomic mass is 16.5. The molecule has 2 saturated carbocycles. The molecule has 0 saturated heterocycles. The van der Waals surface area contributed by atoms with E-state index in [0.29, 0.717) is 0 Å². The topological polar surface area (TPSA) is 60.2 Å². The second kappa shape index (κ2) is 5.59. The van der Waals surface area contributed by atoms with Crippen LogP contribution < -0.4 is 5.32 Å². The molecule has 0 spiro atoms. The standard InChI is InChI=1S/C14H23N3O2/c1-18-14(7-3-8-14)10-13-17-16-12(19-13)4-2-9-15-11-5-6-11/h11,15H,2-10H2,1H3. The van der Waals surface area contributed by atoms with Crippen molar-refractivity contribution in [3.63, 3.8) is 0 Å². The van der Waals surface area contributed by atoms with E-state index < -0.39 is 0 Å². The van der Waals surface area contributed by atoms with Gasteiger partial charge in [0.05, 0.1) is 12.0 Å². The first-order valence-electron chi connectivity index (χ1n) is 7.39. The Bertz CT molecular complexity index is 405. The third-order valence-corrected chi connectivity index (χ3v) is 4.26.